The zero-order valence-corrected chi connectivity index (χ0v) is 72.0. The lowest BCUT2D eigenvalue weighted by Gasteiger charge is -2.29. The molecule has 24 aromatic rings. The van der Waals surface area contributed by atoms with Crippen molar-refractivity contribution < 1.29 is 4.42 Å². The Balaban J connectivity index is 0.000000139. The predicted molar refractivity (Wildman–Crippen MR) is 543 cm³/mol. The Morgan fingerprint density at radius 2 is 0.562 bits per heavy atom. The van der Waals surface area contributed by atoms with E-state index in [-0.39, 0.29) is 10.8 Å². The lowest BCUT2D eigenvalue weighted by Crippen LogP contribution is -2.16. The Bertz CT molecular complexity index is 8130. The molecular weight excluding hydrogens is 1570 g/mol. The van der Waals surface area contributed by atoms with E-state index in [1.165, 1.54) is 169 Å². The van der Waals surface area contributed by atoms with E-state index in [4.69, 9.17) is 4.42 Å². The SMILES string of the molecule is CC1(C)c2ccccc2-c2ccc(N(c3ccc(-c4ccc5oc6ccccc6c5c4)cc3)c3ccc(-c4ccc5c(c4)c4ccccc4n5-c4ccccc4)c4ccccc34)cc21.CC1(C)c2ccccc2-c2ccc(N(c3ccc(-c4ccc5sc6ccccc6c5c4)cc3)c3ccc(-c4ccc5c(c4)c4ccccc4n5-c4ccccc4)c4ccccc34)cc21. The maximum Gasteiger partial charge on any atom is 0.135 e. The Hall–Kier alpha value is -15.9. The van der Waals surface area contributed by atoms with Gasteiger partial charge in [0, 0.05) is 108 Å². The van der Waals surface area contributed by atoms with Crippen molar-refractivity contribution >= 4 is 153 Å². The van der Waals surface area contributed by atoms with Gasteiger partial charge in [-0.2, -0.15) is 0 Å². The van der Waals surface area contributed by atoms with Crippen LogP contribution in [-0.2, 0) is 10.8 Å². The summed E-state index contributed by atoms with van der Waals surface area (Å²) in [5.74, 6) is 0. The van der Waals surface area contributed by atoms with Crippen molar-refractivity contribution in [2.45, 2.75) is 38.5 Å². The van der Waals surface area contributed by atoms with Gasteiger partial charge in [-0.3, -0.25) is 0 Å². The van der Waals surface area contributed by atoms with Crippen LogP contribution in [0.3, 0.4) is 0 Å². The Kier molecular flexibility index (Phi) is 17.2. The fraction of sp³-hybridized carbons (Fsp3) is 0.0492. The van der Waals surface area contributed by atoms with Gasteiger partial charge in [0.2, 0.25) is 0 Å². The van der Waals surface area contributed by atoms with Crippen LogP contribution in [-0.4, -0.2) is 9.13 Å². The number of benzene rings is 20. The number of fused-ring (bicyclic) bond motifs is 20. The second-order valence-corrected chi connectivity index (χ2v) is 36.5. The molecule has 20 aromatic carbocycles. The summed E-state index contributed by atoms with van der Waals surface area (Å²) in [6.45, 7) is 9.45. The maximum absolute atomic E-state index is 6.18. The minimum absolute atomic E-state index is 0.129. The van der Waals surface area contributed by atoms with Crippen LogP contribution in [0.1, 0.15) is 49.9 Å². The van der Waals surface area contributed by atoms with E-state index >= 15 is 0 Å². The number of furan rings is 1. The van der Waals surface area contributed by atoms with Crippen LogP contribution in [0.4, 0.5) is 34.1 Å². The quantitative estimate of drug-likeness (QED) is 0.122. The maximum atomic E-state index is 6.18. The Morgan fingerprint density at radius 1 is 0.211 bits per heavy atom. The number of anilines is 6. The highest BCUT2D eigenvalue weighted by atomic mass is 32.1. The van der Waals surface area contributed by atoms with E-state index in [0.717, 1.165) is 72.9 Å². The molecule has 4 aromatic heterocycles. The molecule has 0 N–H and O–H groups in total. The van der Waals surface area contributed by atoms with E-state index in [9.17, 15) is 0 Å². The third-order valence-electron chi connectivity index (χ3n) is 27.6. The molecule has 6 heteroatoms. The molecule has 128 heavy (non-hydrogen) atoms. The average molecular weight is 1650 g/mol. The lowest BCUT2D eigenvalue weighted by molar-refractivity contribution is 0.660. The summed E-state index contributed by atoms with van der Waals surface area (Å²) in [5, 5.41) is 14.7. The summed E-state index contributed by atoms with van der Waals surface area (Å²) in [6, 6.07) is 161. The molecule has 0 saturated carbocycles. The third-order valence-corrected chi connectivity index (χ3v) is 28.8. The summed E-state index contributed by atoms with van der Waals surface area (Å²) in [7, 11) is 0. The summed E-state index contributed by atoms with van der Waals surface area (Å²) in [6.07, 6.45) is 0. The predicted octanol–water partition coefficient (Wildman–Crippen LogP) is 34.4. The molecule has 0 unspecified atom stereocenters. The second kappa shape index (κ2) is 29.4. The molecule has 0 atom stereocenters. The number of para-hydroxylation sites is 5. The van der Waals surface area contributed by atoms with Crippen molar-refractivity contribution in [3.63, 3.8) is 0 Å². The topological polar surface area (TPSA) is 29.5 Å². The molecule has 2 aliphatic rings. The van der Waals surface area contributed by atoms with Gasteiger partial charge in [0.05, 0.1) is 33.4 Å². The van der Waals surface area contributed by atoms with Crippen LogP contribution in [0, 0.1) is 0 Å². The van der Waals surface area contributed by atoms with E-state index < -0.39 is 0 Å². The van der Waals surface area contributed by atoms with Crippen molar-refractivity contribution in [3.05, 3.63) is 459 Å². The van der Waals surface area contributed by atoms with Crippen LogP contribution >= 0.6 is 11.3 Å². The highest BCUT2D eigenvalue weighted by Gasteiger charge is 2.38. The largest absolute Gasteiger partial charge is 0.456 e. The van der Waals surface area contributed by atoms with Gasteiger partial charge in [0.25, 0.3) is 0 Å². The minimum atomic E-state index is -0.137. The van der Waals surface area contributed by atoms with Gasteiger partial charge >= 0.3 is 0 Å². The Morgan fingerprint density at radius 3 is 1.08 bits per heavy atom. The first-order chi connectivity index (χ1) is 63.0. The zero-order chi connectivity index (χ0) is 85.0. The van der Waals surface area contributed by atoms with Crippen LogP contribution in [0.5, 0.6) is 0 Å². The monoisotopic (exact) mass is 1650 g/mol. The van der Waals surface area contributed by atoms with Crippen LogP contribution in [0.2, 0.25) is 0 Å². The first-order valence-electron chi connectivity index (χ1n) is 44.3. The number of aromatic nitrogens is 2. The van der Waals surface area contributed by atoms with Crippen molar-refractivity contribution in [1.82, 2.24) is 9.13 Å². The van der Waals surface area contributed by atoms with Crippen molar-refractivity contribution in [3.8, 4) is 78.1 Å². The van der Waals surface area contributed by atoms with Crippen LogP contribution < -0.4 is 9.80 Å². The fourth-order valence-electron chi connectivity index (χ4n) is 21.4. The zero-order valence-electron chi connectivity index (χ0n) is 71.2. The van der Waals surface area contributed by atoms with Gasteiger partial charge in [0.1, 0.15) is 11.2 Å². The molecule has 4 heterocycles. The van der Waals surface area contributed by atoms with Gasteiger partial charge in [-0.05, 0) is 258 Å². The first kappa shape index (κ1) is 74.7. The van der Waals surface area contributed by atoms with Crippen LogP contribution in [0.25, 0.3) is 185 Å². The van der Waals surface area contributed by atoms with Crippen LogP contribution in [0.15, 0.2) is 441 Å². The van der Waals surface area contributed by atoms with Crippen molar-refractivity contribution in [2.24, 2.45) is 0 Å². The van der Waals surface area contributed by atoms with E-state index in [1.807, 2.05) is 23.5 Å². The average Bonchev–Trinajstić information content (AvgIpc) is 1.71. The number of hydrogen-bond acceptors (Lipinski definition) is 4. The molecule has 5 nitrogen and oxygen atoms in total. The summed E-state index contributed by atoms with van der Waals surface area (Å²) in [4.78, 5) is 4.93. The molecule has 604 valence electrons. The minimum Gasteiger partial charge on any atom is -0.456 e. The first-order valence-corrected chi connectivity index (χ1v) is 45.1. The highest BCUT2D eigenvalue weighted by Crippen LogP contribution is 2.55. The summed E-state index contributed by atoms with van der Waals surface area (Å²) < 4.78 is 13.6. The van der Waals surface area contributed by atoms with Crippen molar-refractivity contribution in [2.75, 3.05) is 9.80 Å². The number of thiophene rings is 1. The Labute approximate surface area is 746 Å². The lowest BCUT2D eigenvalue weighted by atomic mass is 9.82. The van der Waals surface area contributed by atoms with E-state index in [1.54, 1.807) is 0 Å². The normalized spacial score (nSPS) is 13.0. The second-order valence-electron chi connectivity index (χ2n) is 35.4. The molecule has 0 aliphatic heterocycles. The molecule has 0 saturated heterocycles. The molecule has 26 rings (SSSR count). The van der Waals surface area contributed by atoms with Gasteiger partial charge < -0.3 is 23.4 Å². The van der Waals surface area contributed by atoms with Gasteiger partial charge in [0.15, 0.2) is 0 Å². The molecule has 0 spiro atoms. The molecular formula is C122H84N4OS. The van der Waals surface area contributed by atoms with Gasteiger partial charge in [-0.15, -0.1) is 11.3 Å². The highest BCUT2D eigenvalue weighted by molar-refractivity contribution is 7.25. The standard InChI is InChI=1S/C61H42N2O.C61H42N2S/c2*1-61(2)54-21-11-8-17-47(54)48-31-30-44(38-55(48)61)62(43-28-24-39(25-29-43)40-27-35-60-53(36-40)51-20-10-13-23-59(51)64-60)57-34-32-45(46-16-6-7-18-49(46)57)41-26-33-58-52(37-41)50-19-9-12-22-56(50)63(58)42-14-4-3-5-15-42/h2*3-38H,1-2H3. The third kappa shape index (κ3) is 11.9. The van der Waals surface area contributed by atoms with E-state index in [2.05, 4.69) is 471 Å². The molecule has 2 aliphatic carbocycles. The van der Waals surface area contributed by atoms with Crippen molar-refractivity contribution in [1.29, 1.82) is 0 Å². The van der Waals surface area contributed by atoms with Gasteiger partial charge in [-0.25, -0.2) is 0 Å². The fourth-order valence-corrected chi connectivity index (χ4v) is 22.5. The van der Waals surface area contributed by atoms with E-state index in [0.29, 0.717) is 0 Å². The molecule has 0 fully saturated rings. The number of rotatable bonds is 12. The molecule has 0 bridgehead atoms. The summed E-state index contributed by atoms with van der Waals surface area (Å²) in [5.41, 5.74) is 35.8. The molecule has 0 radical (unpaired) electrons. The van der Waals surface area contributed by atoms with Gasteiger partial charge in [-0.1, -0.05) is 307 Å². The number of nitrogens with zero attached hydrogens (tertiary/aromatic N) is 4. The smallest absolute Gasteiger partial charge is 0.135 e. The molecule has 0 amide bonds. The number of hydrogen-bond donors (Lipinski definition) is 0. The summed E-state index contributed by atoms with van der Waals surface area (Å²) >= 11 is 1.86.